The Morgan fingerprint density at radius 1 is 1.35 bits per heavy atom. The zero-order valence-corrected chi connectivity index (χ0v) is 11.4. The standard InChI is InChI=1S/C14H21ClN2/c1-3-14(4-2)7-8-17(10-14)13-6-5-11(16)9-12(13)15/h5-6,9H,3-4,7-8,10,16H2,1-2H3. The Balaban J connectivity index is 2.20. The highest BCUT2D eigenvalue weighted by Crippen LogP contribution is 2.41. The van der Waals surface area contributed by atoms with Crippen LogP contribution in [0.25, 0.3) is 0 Å². The number of hydrogen-bond acceptors (Lipinski definition) is 2. The fraction of sp³-hybridized carbons (Fsp3) is 0.571. The largest absolute Gasteiger partial charge is 0.399 e. The van der Waals surface area contributed by atoms with E-state index in [2.05, 4.69) is 18.7 Å². The second-order valence-electron chi connectivity index (χ2n) is 5.09. The predicted octanol–water partition coefficient (Wildman–Crippen LogP) is 3.94. The van der Waals surface area contributed by atoms with Gasteiger partial charge in [0, 0.05) is 18.8 Å². The molecule has 0 unspecified atom stereocenters. The minimum atomic E-state index is 0.477. The molecule has 1 aromatic rings. The van der Waals surface area contributed by atoms with Gasteiger partial charge in [-0.2, -0.15) is 0 Å². The van der Waals surface area contributed by atoms with Crippen LogP contribution in [0, 0.1) is 5.41 Å². The number of nitrogens with two attached hydrogens (primary N) is 1. The SMILES string of the molecule is CCC1(CC)CCN(c2ccc(N)cc2Cl)C1. The summed E-state index contributed by atoms with van der Waals surface area (Å²) in [4.78, 5) is 2.40. The molecule has 1 aliphatic heterocycles. The van der Waals surface area contributed by atoms with Crippen LogP contribution >= 0.6 is 11.6 Å². The molecule has 0 amide bonds. The molecule has 94 valence electrons. The van der Waals surface area contributed by atoms with Gasteiger partial charge in [-0.15, -0.1) is 0 Å². The number of benzene rings is 1. The summed E-state index contributed by atoms with van der Waals surface area (Å²) in [7, 11) is 0. The maximum absolute atomic E-state index is 6.27. The lowest BCUT2D eigenvalue weighted by Crippen LogP contribution is -2.26. The zero-order valence-electron chi connectivity index (χ0n) is 10.7. The highest BCUT2D eigenvalue weighted by atomic mass is 35.5. The summed E-state index contributed by atoms with van der Waals surface area (Å²) in [5.41, 5.74) is 8.07. The molecule has 17 heavy (non-hydrogen) atoms. The molecular weight excluding hydrogens is 232 g/mol. The van der Waals surface area contributed by atoms with E-state index >= 15 is 0 Å². The van der Waals surface area contributed by atoms with E-state index in [1.165, 1.54) is 19.3 Å². The van der Waals surface area contributed by atoms with Crippen molar-refractivity contribution in [1.29, 1.82) is 0 Å². The van der Waals surface area contributed by atoms with E-state index in [0.717, 1.165) is 29.5 Å². The van der Waals surface area contributed by atoms with E-state index in [9.17, 15) is 0 Å². The van der Waals surface area contributed by atoms with Gasteiger partial charge in [0.05, 0.1) is 10.7 Å². The molecule has 0 spiro atoms. The smallest absolute Gasteiger partial charge is 0.0660 e. The molecule has 0 bridgehead atoms. The van der Waals surface area contributed by atoms with Crippen LogP contribution in [0.4, 0.5) is 11.4 Å². The number of nitrogens with zero attached hydrogens (tertiary/aromatic N) is 1. The molecule has 0 radical (unpaired) electrons. The quantitative estimate of drug-likeness (QED) is 0.826. The lowest BCUT2D eigenvalue weighted by atomic mass is 9.82. The maximum atomic E-state index is 6.27. The Kier molecular flexibility index (Phi) is 3.53. The molecule has 0 aliphatic carbocycles. The van der Waals surface area contributed by atoms with Crippen LogP contribution in [-0.2, 0) is 0 Å². The van der Waals surface area contributed by atoms with Crippen molar-refractivity contribution in [2.45, 2.75) is 33.1 Å². The fourth-order valence-corrected chi connectivity index (χ4v) is 3.06. The van der Waals surface area contributed by atoms with Crippen molar-refractivity contribution in [3.05, 3.63) is 23.2 Å². The van der Waals surface area contributed by atoms with Crippen LogP contribution in [0.2, 0.25) is 5.02 Å². The van der Waals surface area contributed by atoms with E-state index in [0.29, 0.717) is 5.41 Å². The highest BCUT2D eigenvalue weighted by Gasteiger charge is 2.35. The molecule has 1 saturated heterocycles. The molecule has 0 aromatic heterocycles. The molecule has 2 rings (SSSR count). The molecule has 1 fully saturated rings. The molecule has 0 saturated carbocycles. The zero-order chi connectivity index (χ0) is 12.5. The minimum absolute atomic E-state index is 0.477. The van der Waals surface area contributed by atoms with Crippen LogP contribution in [0.5, 0.6) is 0 Å². The summed E-state index contributed by atoms with van der Waals surface area (Å²) < 4.78 is 0. The number of halogens is 1. The van der Waals surface area contributed by atoms with E-state index in [-0.39, 0.29) is 0 Å². The van der Waals surface area contributed by atoms with E-state index < -0.39 is 0 Å². The van der Waals surface area contributed by atoms with Gasteiger partial charge in [-0.25, -0.2) is 0 Å². The van der Waals surface area contributed by atoms with Crippen molar-refractivity contribution in [3.63, 3.8) is 0 Å². The topological polar surface area (TPSA) is 29.3 Å². The summed E-state index contributed by atoms with van der Waals surface area (Å²) in [5.74, 6) is 0. The number of anilines is 2. The van der Waals surface area contributed by atoms with E-state index in [1.54, 1.807) is 0 Å². The van der Waals surface area contributed by atoms with Crippen molar-refractivity contribution in [3.8, 4) is 0 Å². The van der Waals surface area contributed by atoms with Crippen molar-refractivity contribution in [1.82, 2.24) is 0 Å². The van der Waals surface area contributed by atoms with Crippen molar-refractivity contribution >= 4 is 23.0 Å². The third-order valence-corrected chi connectivity index (χ3v) is 4.55. The molecule has 2 N–H and O–H groups in total. The minimum Gasteiger partial charge on any atom is -0.399 e. The summed E-state index contributed by atoms with van der Waals surface area (Å²) in [6.07, 6.45) is 3.75. The molecule has 0 atom stereocenters. The lowest BCUT2D eigenvalue weighted by Gasteiger charge is -2.27. The Bertz CT molecular complexity index is 399. The average Bonchev–Trinajstić information content (AvgIpc) is 2.74. The van der Waals surface area contributed by atoms with Gasteiger partial charge in [0.25, 0.3) is 0 Å². The number of nitrogen functional groups attached to an aromatic ring is 1. The van der Waals surface area contributed by atoms with Crippen molar-refractivity contribution in [2.24, 2.45) is 5.41 Å². The predicted molar refractivity (Wildman–Crippen MR) is 75.7 cm³/mol. The molecular formula is C14H21ClN2. The Hall–Kier alpha value is -0.890. The molecule has 1 aliphatic rings. The van der Waals surface area contributed by atoms with E-state index in [4.69, 9.17) is 17.3 Å². The van der Waals surface area contributed by atoms with Crippen LogP contribution in [0.1, 0.15) is 33.1 Å². The monoisotopic (exact) mass is 252 g/mol. The van der Waals surface area contributed by atoms with Gasteiger partial charge in [-0.1, -0.05) is 25.4 Å². The number of hydrogen-bond donors (Lipinski definition) is 1. The first-order valence-electron chi connectivity index (χ1n) is 6.40. The molecule has 3 heteroatoms. The van der Waals surface area contributed by atoms with Crippen LogP contribution in [0.3, 0.4) is 0 Å². The first-order chi connectivity index (χ1) is 8.10. The van der Waals surface area contributed by atoms with E-state index in [1.807, 2.05) is 18.2 Å². The van der Waals surface area contributed by atoms with Gasteiger partial charge in [-0.05, 0) is 42.9 Å². The fourth-order valence-electron chi connectivity index (χ4n) is 2.75. The van der Waals surface area contributed by atoms with Crippen LogP contribution in [0.15, 0.2) is 18.2 Å². The van der Waals surface area contributed by atoms with Gasteiger partial charge in [0.2, 0.25) is 0 Å². The van der Waals surface area contributed by atoms with Crippen molar-refractivity contribution < 1.29 is 0 Å². The van der Waals surface area contributed by atoms with Gasteiger partial charge < -0.3 is 10.6 Å². The number of rotatable bonds is 3. The summed E-state index contributed by atoms with van der Waals surface area (Å²) in [5, 5.41) is 0.771. The molecule has 2 nitrogen and oxygen atoms in total. The third-order valence-electron chi connectivity index (χ3n) is 4.25. The second kappa shape index (κ2) is 4.77. The van der Waals surface area contributed by atoms with Gasteiger partial charge >= 0.3 is 0 Å². The van der Waals surface area contributed by atoms with Gasteiger partial charge in [0.1, 0.15) is 0 Å². The second-order valence-corrected chi connectivity index (χ2v) is 5.50. The summed E-state index contributed by atoms with van der Waals surface area (Å²) in [6, 6.07) is 5.81. The van der Waals surface area contributed by atoms with Crippen LogP contribution < -0.4 is 10.6 Å². The Labute approximate surface area is 109 Å². The van der Waals surface area contributed by atoms with Crippen LogP contribution in [-0.4, -0.2) is 13.1 Å². The third kappa shape index (κ3) is 2.37. The molecule has 1 aromatic carbocycles. The highest BCUT2D eigenvalue weighted by molar-refractivity contribution is 6.33. The van der Waals surface area contributed by atoms with Gasteiger partial charge in [-0.3, -0.25) is 0 Å². The lowest BCUT2D eigenvalue weighted by molar-refractivity contribution is 0.301. The maximum Gasteiger partial charge on any atom is 0.0660 e. The Morgan fingerprint density at radius 3 is 2.59 bits per heavy atom. The summed E-state index contributed by atoms with van der Waals surface area (Å²) >= 11 is 6.27. The first kappa shape index (κ1) is 12.6. The molecule has 1 heterocycles. The van der Waals surface area contributed by atoms with Crippen molar-refractivity contribution in [2.75, 3.05) is 23.7 Å². The van der Waals surface area contributed by atoms with Gasteiger partial charge in [0.15, 0.2) is 0 Å². The Morgan fingerprint density at radius 2 is 2.06 bits per heavy atom. The average molecular weight is 253 g/mol. The normalized spacial score (nSPS) is 18.6. The first-order valence-corrected chi connectivity index (χ1v) is 6.78. The summed E-state index contributed by atoms with van der Waals surface area (Å²) in [6.45, 7) is 6.80.